The van der Waals surface area contributed by atoms with E-state index in [9.17, 15) is 0 Å². The second-order valence-electron chi connectivity index (χ2n) is 6.22. The van der Waals surface area contributed by atoms with Crippen LogP contribution in [0.5, 0.6) is 0 Å². The monoisotopic (exact) mass is 280 g/mol. The maximum Gasteiger partial charge on any atom is 0.0334 e. The van der Waals surface area contributed by atoms with E-state index in [0.29, 0.717) is 6.04 Å². The van der Waals surface area contributed by atoms with Gasteiger partial charge in [-0.25, -0.2) is 0 Å². The zero-order chi connectivity index (χ0) is 13.7. The van der Waals surface area contributed by atoms with E-state index in [-0.39, 0.29) is 0 Å². The van der Waals surface area contributed by atoms with Crippen LogP contribution in [-0.2, 0) is 6.54 Å². The summed E-state index contributed by atoms with van der Waals surface area (Å²) in [5, 5.41) is 5.81. The summed E-state index contributed by atoms with van der Waals surface area (Å²) in [6.45, 7) is 10.4. The Labute approximate surface area is 122 Å². The van der Waals surface area contributed by atoms with Crippen molar-refractivity contribution in [2.75, 3.05) is 13.1 Å². The van der Waals surface area contributed by atoms with Crippen LogP contribution in [0.1, 0.15) is 44.9 Å². The lowest BCUT2D eigenvalue weighted by Gasteiger charge is -2.29. The molecule has 1 aromatic rings. The molecule has 0 spiro atoms. The fourth-order valence-electron chi connectivity index (χ4n) is 2.45. The summed E-state index contributed by atoms with van der Waals surface area (Å²) in [5.41, 5.74) is 0. The van der Waals surface area contributed by atoms with Crippen molar-refractivity contribution >= 4 is 11.3 Å². The lowest BCUT2D eigenvalue weighted by atomic mass is 10.1. The highest BCUT2D eigenvalue weighted by molar-refractivity contribution is 7.09. The highest BCUT2D eigenvalue weighted by atomic mass is 32.1. The SMILES string of the molecule is CC(C)CCNCC(C)N(Cc1cccs1)C1CC1. The molecule has 0 aromatic carbocycles. The van der Waals surface area contributed by atoms with Crippen LogP contribution in [0.2, 0.25) is 0 Å². The summed E-state index contributed by atoms with van der Waals surface area (Å²) < 4.78 is 0. The molecule has 0 radical (unpaired) electrons. The van der Waals surface area contributed by atoms with E-state index in [1.54, 1.807) is 0 Å². The van der Waals surface area contributed by atoms with Crippen molar-refractivity contribution in [2.45, 2.75) is 58.7 Å². The number of thiophene rings is 1. The minimum absolute atomic E-state index is 0.641. The quantitative estimate of drug-likeness (QED) is 0.693. The molecule has 108 valence electrons. The van der Waals surface area contributed by atoms with Gasteiger partial charge in [0, 0.05) is 30.1 Å². The topological polar surface area (TPSA) is 15.3 Å². The maximum atomic E-state index is 3.62. The van der Waals surface area contributed by atoms with Crippen LogP contribution in [0, 0.1) is 5.92 Å². The highest BCUT2D eigenvalue weighted by Gasteiger charge is 2.32. The summed E-state index contributed by atoms with van der Waals surface area (Å²) in [7, 11) is 0. The zero-order valence-corrected chi connectivity index (χ0v) is 13.4. The molecule has 1 unspecified atom stereocenters. The molecule has 1 aliphatic rings. The third-order valence-electron chi connectivity index (χ3n) is 3.84. The summed E-state index contributed by atoms with van der Waals surface area (Å²) in [4.78, 5) is 4.19. The van der Waals surface area contributed by atoms with Gasteiger partial charge >= 0.3 is 0 Å². The van der Waals surface area contributed by atoms with Gasteiger partial charge in [0.05, 0.1) is 0 Å². The summed E-state index contributed by atoms with van der Waals surface area (Å²) in [6, 6.07) is 5.90. The van der Waals surface area contributed by atoms with Gasteiger partial charge in [0.2, 0.25) is 0 Å². The van der Waals surface area contributed by atoms with Gasteiger partial charge in [-0.2, -0.15) is 0 Å². The fourth-order valence-corrected chi connectivity index (χ4v) is 3.17. The van der Waals surface area contributed by atoms with Gasteiger partial charge in [0.1, 0.15) is 0 Å². The van der Waals surface area contributed by atoms with Crippen molar-refractivity contribution in [3.63, 3.8) is 0 Å². The molecule has 1 atom stereocenters. The van der Waals surface area contributed by atoms with E-state index in [0.717, 1.165) is 31.6 Å². The van der Waals surface area contributed by atoms with Gasteiger partial charge in [-0.15, -0.1) is 11.3 Å². The van der Waals surface area contributed by atoms with Gasteiger partial charge in [0.15, 0.2) is 0 Å². The minimum Gasteiger partial charge on any atom is -0.315 e. The molecule has 1 saturated carbocycles. The molecular weight excluding hydrogens is 252 g/mol. The van der Waals surface area contributed by atoms with Gasteiger partial charge in [-0.05, 0) is 50.1 Å². The third-order valence-corrected chi connectivity index (χ3v) is 4.70. The van der Waals surface area contributed by atoms with Crippen LogP contribution >= 0.6 is 11.3 Å². The Bertz CT molecular complexity index is 344. The Kier molecular flexibility index (Phi) is 5.86. The Balaban J connectivity index is 1.75. The number of nitrogens with zero attached hydrogens (tertiary/aromatic N) is 1. The van der Waals surface area contributed by atoms with E-state index in [4.69, 9.17) is 0 Å². The van der Waals surface area contributed by atoms with Crippen molar-refractivity contribution in [3.8, 4) is 0 Å². The first-order valence-electron chi connectivity index (χ1n) is 7.65. The van der Waals surface area contributed by atoms with Crippen molar-refractivity contribution in [1.29, 1.82) is 0 Å². The Morgan fingerprint density at radius 2 is 2.16 bits per heavy atom. The second-order valence-corrected chi connectivity index (χ2v) is 7.25. The smallest absolute Gasteiger partial charge is 0.0334 e. The molecule has 1 heterocycles. The van der Waals surface area contributed by atoms with Crippen LogP contribution in [0.3, 0.4) is 0 Å². The lowest BCUT2D eigenvalue weighted by molar-refractivity contribution is 0.186. The van der Waals surface area contributed by atoms with E-state index in [1.807, 2.05) is 11.3 Å². The van der Waals surface area contributed by atoms with Crippen LogP contribution < -0.4 is 5.32 Å². The Hall–Kier alpha value is -0.380. The van der Waals surface area contributed by atoms with Crippen LogP contribution in [-0.4, -0.2) is 30.1 Å². The number of rotatable bonds is 9. The van der Waals surface area contributed by atoms with Crippen molar-refractivity contribution < 1.29 is 0 Å². The predicted octanol–water partition coefficient (Wildman–Crippen LogP) is 3.74. The number of hydrogen-bond donors (Lipinski definition) is 1. The molecular formula is C16H28N2S. The summed E-state index contributed by atoms with van der Waals surface area (Å²) in [5.74, 6) is 0.800. The number of hydrogen-bond acceptors (Lipinski definition) is 3. The average molecular weight is 280 g/mol. The zero-order valence-electron chi connectivity index (χ0n) is 12.6. The second kappa shape index (κ2) is 7.41. The fraction of sp³-hybridized carbons (Fsp3) is 0.750. The van der Waals surface area contributed by atoms with Crippen LogP contribution in [0.4, 0.5) is 0 Å². The van der Waals surface area contributed by atoms with Crippen LogP contribution in [0.25, 0.3) is 0 Å². The van der Waals surface area contributed by atoms with E-state index >= 15 is 0 Å². The molecule has 19 heavy (non-hydrogen) atoms. The summed E-state index contributed by atoms with van der Waals surface area (Å²) in [6.07, 6.45) is 4.06. The first kappa shape index (κ1) is 15.0. The normalized spacial score (nSPS) is 17.3. The first-order chi connectivity index (χ1) is 9.16. The average Bonchev–Trinajstić information content (AvgIpc) is 3.08. The van der Waals surface area contributed by atoms with E-state index in [1.165, 1.54) is 24.1 Å². The van der Waals surface area contributed by atoms with Crippen molar-refractivity contribution in [3.05, 3.63) is 22.4 Å². The molecule has 1 aliphatic carbocycles. The van der Waals surface area contributed by atoms with Gasteiger partial charge in [0.25, 0.3) is 0 Å². The largest absolute Gasteiger partial charge is 0.315 e. The van der Waals surface area contributed by atoms with Gasteiger partial charge in [-0.3, -0.25) is 4.90 Å². The standard InChI is InChI=1S/C16H28N2S/c1-13(2)8-9-17-11-14(3)18(15-6-7-15)12-16-5-4-10-19-16/h4-5,10,13-15,17H,6-9,11-12H2,1-3H3. The molecule has 2 nitrogen and oxygen atoms in total. The van der Waals surface area contributed by atoms with Crippen molar-refractivity contribution in [2.24, 2.45) is 5.92 Å². The lowest BCUT2D eigenvalue weighted by Crippen LogP contribution is -2.41. The third kappa shape index (κ3) is 5.25. The molecule has 2 rings (SSSR count). The van der Waals surface area contributed by atoms with Gasteiger partial charge < -0.3 is 5.32 Å². The summed E-state index contributed by atoms with van der Waals surface area (Å²) >= 11 is 1.88. The molecule has 1 N–H and O–H groups in total. The highest BCUT2D eigenvalue weighted by Crippen LogP contribution is 2.30. The Morgan fingerprint density at radius 3 is 2.74 bits per heavy atom. The molecule has 3 heteroatoms. The Morgan fingerprint density at radius 1 is 1.37 bits per heavy atom. The van der Waals surface area contributed by atoms with Crippen molar-refractivity contribution in [1.82, 2.24) is 10.2 Å². The van der Waals surface area contributed by atoms with E-state index < -0.39 is 0 Å². The van der Waals surface area contributed by atoms with E-state index in [2.05, 4.69) is 48.5 Å². The first-order valence-corrected chi connectivity index (χ1v) is 8.53. The minimum atomic E-state index is 0.641. The maximum absolute atomic E-state index is 3.62. The molecule has 1 aromatic heterocycles. The van der Waals surface area contributed by atoms with Gasteiger partial charge in [-0.1, -0.05) is 19.9 Å². The molecule has 0 saturated heterocycles. The predicted molar refractivity (Wildman–Crippen MR) is 84.7 cm³/mol. The molecule has 0 amide bonds. The number of nitrogens with one attached hydrogen (secondary N) is 1. The molecule has 0 aliphatic heterocycles. The molecule has 0 bridgehead atoms. The van der Waals surface area contributed by atoms with Crippen LogP contribution in [0.15, 0.2) is 17.5 Å². The molecule has 1 fully saturated rings.